The number of hydrogen-bond donors (Lipinski definition) is 1. The zero-order valence-electron chi connectivity index (χ0n) is 13.0. The van der Waals surface area contributed by atoms with Crippen LogP contribution in [0, 0.1) is 11.3 Å². The minimum Gasteiger partial charge on any atom is -0.481 e. The van der Waals surface area contributed by atoms with Crippen LogP contribution in [0.4, 0.5) is 0 Å². The lowest BCUT2D eigenvalue weighted by Gasteiger charge is -2.37. The van der Waals surface area contributed by atoms with E-state index in [2.05, 4.69) is 12.1 Å². The van der Waals surface area contributed by atoms with Crippen molar-refractivity contribution >= 4 is 11.9 Å². The average Bonchev–Trinajstić information content (AvgIpc) is 3.27. The van der Waals surface area contributed by atoms with Crippen LogP contribution in [0.2, 0.25) is 0 Å². The Hall–Kier alpha value is -1.84. The molecule has 2 aliphatic rings. The van der Waals surface area contributed by atoms with Gasteiger partial charge in [0, 0.05) is 19.5 Å². The number of carboxylic acids is 1. The maximum Gasteiger partial charge on any atom is 0.311 e. The summed E-state index contributed by atoms with van der Waals surface area (Å²) in [4.78, 5) is 25.6. The zero-order chi connectivity index (χ0) is 15.7. The number of benzene rings is 1. The van der Waals surface area contributed by atoms with Gasteiger partial charge in [0.05, 0.1) is 5.41 Å². The maximum absolute atomic E-state index is 12.5. The third-order valence-electron chi connectivity index (χ3n) is 5.15. The van der Waals surface area contributed by atoms with Gasteiger partial charge in [-0.3, -0.25) is 9.59 Å². The molecule has 2 fully saturated rings. The van der Waals surface area contributed by atoms with Gasteiger partial charge in [0.25, 0.3) is 0 Å². The molecule has 1 aromatic carbocycles. The van der Waals surface area contributed by atoms with Crippen molar-refractivity contribution in [2.24, 2.45) is 11.3 Å². The molecule has 118 valence electrons. The molecule has 3 atom stereocenters. The summed E-state index contributed by atoms with van der Waals surface area (Å²) in [7, 11) is 0. The van der Waals surface area contributed by atoms with E-state index in [0.29, 0.717) is 37.8 Å². The molecule has 1 saturated carbocycles. The number of aliphatic carboxylic acids is 1. The van der Waals surface area contributed by atoms with E-state index in [1.807, 2.05) is 18.2 Å². The van der Waals surface area contributed by atoms with Crippen LogP contribution in [-0.2, 0) is 9.59 Å². The molecule has 1 aliphatic carbocycles. The fourth-order valence-corrected chi connectivity index (χ4v) is 3.56. The van der Waals surface area contributed by atoms with Gasteiger partial charge in [-0.1, -0.05) is 30.3 Å². The molecular weight excluding hydrogens is 278 g/mol. The number of likely N-dealkylation sites (tertiary alicyclic amines) is 1. The molecule has 0 spiro atoms. The van der Waals surface area contributed by atoms with Crippen molar-refractivity contribution in [3.63, 3.8) is 0 Å². The lowest BCUT2D eigenvalue weighted by Crippen LogP contribution is -2.48. The fourth-order valence-electron chi connectivity index (χ4n) is 3.56. The number of amides is 1. The lowest BCUT2D eigenvalue weighted by atomic mass is 9.82. The van der Waals surface area contributed by atoms with E-state index >= 15 is 0 Å². The summed E-state index contributed by atoms with van der Waals surface area (Å²) in [6.07, 6.45) is 3.05. The molecule has 22 heavy (non-hydrogen) atoms. The Morgan fingerprint density at radius 3 is 2.73 bits per heavy atom. The van der Waals surface area contributed by atoms with Crippen LogP contribution in [0.25, 0.3) is 0 Å². The summed E-state index contributed by atoms with van der Waals surface area (Å²) < 4.78 is 0. The Bertz CT molecular complexity index is 571. The molecule has 4 heteroatoms. The second-order valence-electron chi connectivity index (χ2n) is 7.00. The Balaban J connectivity index is 1.56. The standard InChI is InChI=1S/C18H23NO3/c1-18(17(21)22)8-5-9-19(12-18)16(20)11-14-10-15(14)13-6-3-2-4-7-13/h2-4,6-7,14-15H,5,8-12H2,1H3,(H,21,22)/t14-,15-,18?/m0/s1. The van der Waals surface area contributed by atoms with Crippen molar-refractivity contribution in [3.05, 3.63) is 35.9 Å². The van der Waals surface area contributed by atoms with E-state index in [0.717, 1.165) is 12.8 Å². The Morgan fingerprint density at radius 1 is 1.32 bits per heavy atom. The number of carboxylic acid groups (broad SMARTS) is 1. The predicted molar refractivity (Wildman–Crippen MR) is 83.5 cm³/mol. The SMILES string of the molecule is CC1(C(=O)O)CCCN(C(=O)C[C@@H]2C[C@H]2c2ccccc2)C1. The summed E-state index contributed by atoms with van der Waals surface area (Å²) in [5.41, 5.74) is 0.533. The Kier molecular flexibility index (Phi) is 3.94. The Labute approximate surface area is 131 Å². The average molecular weight is 301 g/mol. The lowest BCUT2D eigenvalue weighted by molar-refractivity contribution is -0.153. The van der Waals surface area contributed by atoms with Gasteiger partial charge >= 0.3 is 5.97 Å². The third kappa shape index (κ3) is 3.01. The molecule has 0 aromatic heterocycles. The first kappa shape index (κ1) is 15.1. The van der Waals surface area contributed by atoms with Gasteiger partial charge in [0.2, 0.25) is 5.91 Å². The third-order valence-corrected chi connectivity index (χ3v) is 5.15. The molecule has 1 aromatic rings. The molecular formula is C18H23NO3. The fraction of sp³-hybridized carbons (Fsp3) is 0.556. The highest BCUT2D eigenvalue weighted by molar-refractivity contribution is 5.80. The normalized spacial score (nSPS) is 30.9. The highest BCUT2D eigenvalue weighted by Gasteiger charge is 2.43. The summed E-state index contributed by atoms with van der Waals surface area (Å²) >= 11 is 0. The zero-order valence-corrected chi connectivity index (χ0v) is 13.0. The van der Waals surface area contributed by atoms with Crippen LogP contribution >= 0.6 is 0 Å². The Morgan fingerprint density at radius 2 is 2.05 bits per heavy atom. The van der Waals surface area contributed by atoms with Gasteiger partial charge in [0.15, 0.2) is 0 Å². The van der Waals surface area contributed by atoms with Crippen molar-refractivity contribution in [1.82, 2.24) is 4.90 Å². The van der Waals surface area contributed by atoms with Crippen LogP contribution in [0.5, 0.6) is 0 Å². The second kappa shape index (κ2) is 5.75. The molecule has 1 unspecified atom stereocenters. The van der Waals surface area contributed by atoms with Crippen LogP contribution in [0.3, 0.4) is 0 Å². The first-order valence-corrected chi connectivity index (χ1v) is 8.06. The smallest absolute Gasteiger partial charge is 0.311 e. The summed E-state index contributed by atoms with van der Waals surface area (Å²) in [6.45, 7) is 2.80. The molecule has 1 aliphatic heterocycles. The minimum absolute atomic E-state index is 0.121. The van der Waals surface area contributed by atoms with Crippen molar-refractivity contribution in [2.45, 2.75) is 38.5 Å². The minimum atomic E-state index is -0.793. The molecule has 1 amide bonds. The number of piperidine rings is 1. The van der Waals surface area contributed by atoms with Gasteiger partial charge in [-0.15, -0.1) is 0 Å². The highest BCUT2D eigenvalue weighted by atomic mass is 16.4. The molecule has 1 heterocycles. The van der Waals surface area contributed by atoms with E-state index in [1.54, 1.807) is 11.8 Å². The molecule has 0 radical (unpaired) electrons. The number of carbonyl (C=O) groups is 2. The molecule has 0 bridgehead atoms. The van der Waals surface area contributed by atoms with Crippen molar-refractivity contribution in [2.75, 3.05) is 13.1 Å². The highest BCUT2D eigenvalue weighted by Crippen LogP contribution is 2.49. The van der Waals surface area contributed by atoms with Crippen LogP contribution in [0.15, 0.2) is 30.3 Å². The van der Waals surface area contributed by atoms with Gasteiger partial charge in [-0.2, -0.15) is 0 Å². The molecule has 1 N–H and O–H groups in total. The molecule has 1 saturated heterocycles. The maximum atomic E-state index is 12.5. The first-order chi connectivity index (χ1) is 10.5. The summed E-state index contributed by atoms with van der Waals surface area (Å²) in [5, 5.41) is 9.34. The molecule has 4 nitrogen and oxygen atoms in total. The van der Waals surface area contributed by atoms with Crippen molar-refractivity contribution in [3.8, 4) is 0 Å². The van der Waals surface area contributed by atoms with Crippen LogP contribution in [0.1, 0.15) is 44.1 Å². The number of rotatable bonds is 4. The van der Waals surface area contributed by atoms with Crippen molar-refractivity contribution in [1.29, 1.82) is 0 Å². The first-order valence-electron chi connectivity index (χ1n) is 8.06. The largest absolute Gasteiger partial charge is 0.481 e. The van der Waals surface area contributed by atoms with Gasteiger partial charge in [0.1, 0.15) is 0 Å². The van der Waals surface area contributed by atoms with Crippen LogP contribution in [-0.4, -0.2) is 35.0 Å². The van der Waals surface area contributed by atoms with Gasteiger partial charge in [-0.25, -0.2) is 0 Å². The summed E-state index contributed by atoms with van der Waals surface area (Å²) in [6, 6.07) is 10.3. The van der Waals surface area contributed by atoms with E-state index in [1.165, 1.54) is 5.56 Å². The second-order valence-corrected chi connectivity index (χ2v) is 7.00. The van der Waals surface area contributed by atoms with E-state index in [-0.39, 0.29) is 5.91 Å². The van der Waals surface area contributed by atoms with E-state index < -0.39 is 11.4 Å². The number of hydrogen-bond acceptors (Lipinski definition) is 2. The van der Waals surface area contributed by atoms with Gasteiger partial charge < -0.3 is 10.0 Å². The monoisotopic (exact) mass is 301 g/mol. The van der Waals surface area contributed by atoms with Crippen LogP contribution < -0.4 is 0 Å². The van der Waals surface area contributed by atoms with Gasteiger partial charge in [-0.05, 0) is 43.6 Å². The topological polar surface area (TPSA) is 57.6 Å². The molecule has 3 rings (SSSR count). The predicted octanol–water partition coefficient (Wildman–Crippen LogP) is 2.89. The number of nitrogens with zero attached hydrogens (tertiary/aromatic N) is 1. The van der Waals surface area contributed by atoms with E-state index in [9.17, 15) is 14.7 Å². The van der Waals surface area contributed by atoms with E-state index in [4.69, 9.17) is 0 Å². The quantitative estimate of drug-likeness (QED) is 0.930. The number of carbonyl (C=O) groups excluding carboxylic acids is 1. The summed E-state index contributed by atoms with van der Waals surface area (Å²) in [5.74, 6) is 0.253. The van der Waals surface area contributed by atoms with Crippen molar-refractivity contribution < 1.29 is 14.7 Å².